The first-order valence-electron chi connectivity index (χ1n) is 6.94. The molecule has 2 aromatic heterocycles. The van der Waals surface area contributed by atoms with Crippen molar-refractivity contribution in [3.05, 3.63) is 42.2 Å². The van der Waals surface area contributed by atoms with Gasteiger partial charge >= 0.3 is 0 Å². The Labute approximate surface area is 122 Å². The molecule has 0 saturated carbocycles. The number of thioether (sulfide) groups is 1. The maximum Gasteiger partial charge on any atom is 0.169 e. The average molecular weight is 286 g/mol. The van der Waals surface area contributed by atoms with Gasteiger partial charge in [0.25, 0.3) is 0 Å². The molecule has 0 saturated heterocycles. The number of fused-ring (bicyclic) bond motifs is 1. The molecule has 2 heterocycles. The first-order chi connectivity index (χ1) is 9.88. The summed E-state index contributed by atoms with van der Waals surface area (Å²) in [4.78, 5) is 4.73. The van der Waals surface area contributed by atoms with Crippen molar-refractivity contribution in [2.75, 3.05) is 5.75 Å². The van der Waals surface area contributed by atoms with Crippen LogP contribution in [0.3, 0.4) is 0 Å². The molecule has 20 heavy (non-hydrogen) atoms. The predicted molar refractivity (Wildman–Crippen MR) is 83.0 cm³/mol. The van der Waals surface area contributed by atoms with Crippen molar-refractivity contribution in [2.24, 2.45) is 0 Å². The highest BCUT2D eigenvalue weighted by Gasteiger charge is 2.09. The van der Waals surface area contributed by atoms with Crippen molar-refractivity contribution >= 4 is 22.8 Å². The van der Waals surface area contributed by atoms with Gasteiger partial charge in [-0.1, -0.05) is 23.9 Å². The number of imidazole rings is 1. The zero-order chi connectivity index (χ0) is 13.8. The molecule has 0 spiro atoms. The molecular formula is C15H18N4S. The highest BCUT2D eigenvalue weighted by molar-refractivity contribution is 7.99. The minimum absolute atomic E-state index is 0.963. The lowest BCUT2D eigenvalue weighted by Gasteiger charge is -2.05. The third kappa shape index (κ3) is 2.72. The molecule has 0 aliphatic heterocycles. The first kappa shape index (κ1) is 13.2. The largest absolute Gasteiger partial charge is 0.319 e. The molecule has 0 unspecified atom stereocenters. The molecule has 0 bridgehead atoms. The fourth-order valence-electron chi connectivity index (χ4n) is 2.32. The number of nitrogens with one attached hydrogen (secondary N) is 1. The fourth-order valence-corrected chi connectivity index (χ4v) is 3.34. The van der Waals surface area contributed by atoms with Crippen LogP contribution in [0, 0.1) is 0 Å². The molecule has 3 aromatic rings. The third-order valence-electron chi connectivity index (χ3n) is 3.33. The molecular weight excluding hydrogens is 268 g/mol. The molecule has 5 heteroatoms. The van der Waals surface area contributed by atoms with Crippen LogP contribution in [0.5, 0.6) is 0 Å². The maximum absolute atomic E-state index is 4.73. The number of hydrogen-bond donors (Lipinski definition) is 1. The number of aromatic nitrogens is 4. The van der Waals surface area contributed by atoms with Crippen LogP contribution in [-0.4, -0.2) is 25.5 Å². The summed E-state index contributed by atoms with van der Waals surface area (Å²) in [6, 6.07) is 8.34. The summed E-state index contributed by atoms with van der Waals surface area (Å²) in [5.74, 6) is 1.08. The Morgan fingerprint density at radius 2 is 2.20 bits per heavy atom. The van der Waals surface area contributed by atoms with Gasteiger partial charge in [-0.3, -0.25) is 5.10 Å². The van der Waals surface area contributed by atoms with Crippen molar-refractivity contribution in [1.82, 2.24) is 19.7 Å². The summed E-state index contributed by atoms with van der Waals surface area (Å²) in [5, 5.41) is 7.94. The van der Waals surface area contributed by atoms with E-state index in [2.05, 4.69) is 39.9 Å². The number of aryl methyl sites for hydroxylation is 2. The molecule has 0 atom stereocenters. The van der Waals surface area contributed by atoms with Gasteiger partial charge in [0.05, 0.1) is 17.2 Å². The zero-order valence-corrected chi connectivity index (χ0v) is 12.4. The quantitative estimate of drug-likeness (QED) is 0.557. The number of nitrogens with zero attached hydrogens (tertiary/aromatic N) is 3. The Balaban J connectivity index is 1.65. The summed E-state index contributed by atoms with van der Waals surface area (Å²) in [5.41, 5.74) is 3.59. The number of H-pyrrole nitrogens is 1. The fraction of sp³-hybridized carbons (Fsp3) is 0.333. The Morgan fingerprint density at radius 1 is 1.30 bits per heavy atom. The van der Waals surface area contributed by atoms with Gasteiger partial charge < -0.3 is 4.57 Å². The molecule has 1 aromatic carbocycles. The molecule has 1 N–H and O–H groups in total. The second-order valence-corrected chi connectivity index (χ2v) is 5.75. The maximum atomic E-state index is 4.73. The molecule has 0 amide bonds. The summed E-state index contributed by atoms with van der Waals surface area (Å²) >= 11 is 1.84. The number of rotatable bonds is 6. The molecule has 4 nitrogen and oxygen atoms in total. The van der Waals surface area contributed by atoms with E-state index < -0.39 is 0 Å². The second kappa shape index (κ2) is 6.13. The van der Waals surface area contributed by atoms with E-state index in [4.69, 9.17) is 4.98 Å². The van der Waals surface area contributed by atoms with E-state index in [1.165, 1.54) is 11.1 Å². The van der Waals surface area contributed by atoms with E-state index >= 15 is 0 Å². The van der Waals surface area contributed by atoms with Crippen LogP contribution in [0.15, 0.2) is 41.8 Å². The lowest BCUT2D eigenvalue weighted by molar-refractivity contribution is 0.702. The topological polar surface area (TPSA) is 46.5 Å². The molecule has 0 aliphatic rings. The lowest BCUT2D eigenvalue weighted by atomic mass is 10.2. The predicted octanol–water partition coefficient (Wildman–Crippen LogP) is 3.50. The summed E-state index contributed by atoms with van der Waals surface area (Å²) in [6.45, 7) is 3.13. The normalized spacial score (nSPS) is 11.2. The summed E-state index contributed by atoms with van der Waals surface area (Å²) in [6.07, 6.45) is 6.06. The van der Waals surface area contributed by atoms with Crippen LogP contribution in [0.1, 0.15) is 18.9 Å². The highest BCUT2D eigenvalue weighted by Crippen LogP contribution is 2.24. The van der Waals surface area contributed by atoms with Gasteiger partial charge in [0.15, 0.2) is 5.16 Å². The van der Waals surface area contributed by atoms with Crippen molar-refractivity contribution < 1.29 is 0 Å². The SMILES string of the molecule is CCn1c(SCCCc2cn[nH]c2)nc2ccccc21. The van der Waals surface area contributed by atoms with Crippen molar-refractivity contribution in [3.8, 4) is 0 Å². The molecule has 0 fully saturated rings. The Morgan fingerprint density at radius 3 is 3.00 bits per heavy atom. The van der Waals surface area contributed by atoms with E-state index in [1.807, 2.05) is 30.2 Å². The number of benzene rings is 1. The van der Waals surface area contributed by atoms with E-state index in [9.17, 15) is 0 Å². The average Bonchev–Trinajstić information content (AvgIpc) is 3.10. The minimum atomic E-state index is 0.963. The number of aromatic amines is 1. The van der Waals surface area contributed by atoms with Gasteiger partial charge in [0.1, 0.15) is 0 Å². The van der Waals surface area contributed by atoms with Crippen LogP contribution in [0.2, 0.25) is 0 Å². The van der Waals surface area contributed by atoms with Gasteiger partial charge in [0.2, 0.25) is 0 Å². The highest BCUT2D eigenvalue weighted by atomic mass is 32.2. The molecule has 104 valence electrons. The zero-order valence-electron chi connectivity index (χ0n) is 11.5. The Kier molecular flexibility index (Phi) is 4.06. The lowest BCUT2D eigenvalue weighted by Crippen LogP contribution is -1.97. The first-order valence-corrected chi connectivity index (χ1v) is 7.92. The molecule has 3 rings (SSSR count). The van der Waals surface area contributed by atoms with Gasteiger partial charge in [0, 0.05) is 18.5 Å². The minimum Gasteiger partial charge on any atom is -0.319 e. The van der Waals surface area contributed by atoms with Gasteiger partial charge in [-0.05, 0) is 37.5 Å². The van der Waals surface area contributed by atoms with Crippen LogP contribution in [0.4, 0.5) is 0 Å². The Bertz CT molecular complexity index is 672. The molecule has 0 radical (unpaired) electrons. The van der Waals surface area contributed by atoms with Crippen LogP contribution in [-0.2, 0) is 13.0 Å². The van der Waals surface area contributed by atoms with Gasteiger partial charge in [-0.25, -0.2) is 4.98 Å². The van der Waals surface area contributed by atoms with Crippen LogP contribution < -0.4 is 0 Å². The Hall–Kier alpha value is -1.75. The smallest absolute Gasteiger partial charge is 0.169 e. The van der Waals surface area contributed by atoms with Gasteiger partial charge in [-0.15, -0.1) is 0 Å². The third-order valence-corrected chi connectivity index (χ3v) is 4.39. The standard InChI is InChI=1S/C15H18N4S/c1-2-19-14-8-4-3-7-13(14)18-15(19)20-9-5-6-12-10-16-17-11-12/h3-4,7-8,10-11H,2,5-6,9H2,1H3,(H,16,17). The monoisotopic (exact) mass is 286 g/mol. The van der Waals surface area contributed by atoms with Crippen LogP contribution >= 0.6 is 11.8 Å². The van der Waals surface area contributed by atoms with E-state index in [0.717, 1.165) is 35.8 Å². The molecule has 0 aliphatic carbocycles. The van der Waals surface area contributed by atoms with Gasteiger partial charge in [-0.2, -0.15) is 5.10 Å². The van der Waals surface area contributed by atoms with Crippen molar-refractivity contribution in [3.63, 3.8) is 0 Å². The summed E-state index contributed by atoms with van der Waals surface area (Å²) in [7, 11) is 0. The number of hydrogen-bond acceptors (Lipinski definition) is 3. The van der Waals surface area contributed by atoms with Crippen molar-refractivity contribution in [2.45, 2.75) is 31.5 Å². The second-order valence-electron chi connectivity index (χ2n) is 4.69. The van der Waals surface area contributed by atoms with E-state index in [-0.39, 0.29) is 0 Å². The summed E-state index contributed by atoms with van der Waals surface area (Å²) < 4.78 is 2.29. The van der Waals surface area contributed by atoms with E-state index in [0.29, 0.717) is 0 Å². The van der Waals surface area contributed by atoms with Crippen LogP contribution in [0.25, 0.3) is 11.0 Å². The van der Waals surface area contributed by atoms with Crippen molar-refractivity contribution in [1.29, 1.82) is 0 Å². The number of para-hydroxylation sites is 2. The van der Waals surface area contributed by atoms with E-state index in [1.54, 1.807) is 0 Å².